The van der Waals surface area contributed by atoms with Gasteiger partial charge in [-0.05, 0) is 27.1 Å². The fourth-order valence-electron chi connectivity index (χ4n) is 1.36. The molecule has 12 heavy (non-hydrogen) atoms. The lowest BCUT2D eigenvalue weighted by molar-refractivity contribution is 0.0523. The summed E-state index contributed by atoms with van der Waals surface area (Å²) in [5.74, 6) is 0. The molecule has 0 amide bonds. The highest BCUT2D eigenvalue weighted by molar-refractivity contribution is 5.85. The van der Waals surface area contributed by atoms with Crippen LogP contribution in [0.15, 0.2) is 0 Å². The third kappa shape index (κ3) is 3.92. The summed E-state index contributed by atoms with van der Waals surface area (Å²) in [5, 5.41) is 12.7. The number of hydrogen-bond donors (Lipinski definition) is 2. The van der Waals surface area contributed by atoms with E-state index in [2.05, 4.69) is 10.2 Å². The molecule has 0 aliphatic carbocycles. The van der Waals surface area contributed by atoms with Gasteiger partial charge in [-0.1, -0.05) is 0 Å². The van der Waals surface area contributed by atoms with Crippen molar-refractivity contribution in [1.82, 2.24) is 10.2 Å². The van der Waals surface area contributed by atoms with Crippen molar-refractivity contribution in [3.8, 4) is 0 Å². The lowest BCUT2D eigenvalue weighted by Gasteiger charge is -2.33. The third-order valence-corrected chi connectivity index (χ3v) is 2.08. The zero-order valence-corrected chi connectivity index (χ0v) is 9.12. The van der Waals surface area contributed by atoms with E-state index in [9.17, 15) is 5.11 Å². The Morgan fingerprint density at radius 1 is 1.33 bits per heavy atom. The molecule has 1 fully saturated rings. The smallest absolute Gasteiger partial charge is 0.0719 e. The molecule has 5 heteroatoms. The van der Waals surface area contributed by atoms with Gasteiger partial charge in [0, 0.05) is 12.6 Å². The molecule has 0 aromatic heterocycles. The highest BCUT2D eigenvalue weighted by Gasteiger charge is 2.23. The molecule has 3 nitrogen and oxygen atoms in total. The van der Waals surface area contributed by atoms with Crippen LogP contribution in [0.5, 0.6) is 0 Å². The van der Waals surface area contributed by atoms with Gasteiger partial charge in [-0.25, -0.2) is 0 Å². The van der Waals surface area contributed by atoms with Crippen LogP contribution in [0.3, 0.4) is 0 Å². The molecule has 2 N–H and O–H groups in total. The van der Waals surface area contributed by atoms with Gasteiger partial charge in [-0.15, -0.1) is 24.8 Å². The first-order chi connectivity index (χ1) is 4.72. The van der Waals surface area contributed by atoms with E-state index in [1.807, 2.05) is 14.1 Å². The molecule has 0 saturated carbocycles. The molecule has 0 bridgehead atoms. The van der Waals surface area contributed by atoms with Crippen LogP contribution in [0.2, 0.25) is 0 Å². The highest BCUT2D eigenvalue weighted by Crippen LogP contribution is 2.07. The number of nitrogens with one attached hydrogen (secondary N) is 1. The number of aliphatic hydroxyl groups excluding tert-OH is 1. The summed E-state index contributed by atoms with van der Waals surface area (Å²) in [6.45, 7) is 1.86. The minimum absolute atomic E-state index is 0. The molecule has 1 saturated heterocycles. The van der Waals surface area contributed by atoms with Gasteiger partial charge in [0.1, 0.15) is 0 Å². The Kier molecular flexibility index (Phi) is 8.63. The monoisotopic (exact) mass is 216 g/mol. The Balaban J connectivity index is 0. The zero-order valence-electron chi connectivity index (χ0n) is 7.49. The molecule has 1 aliphatic heterocycles. The first-order valence-electron chi connectivity index (χ1n) is 3.77. The topological polar surface area (TPSA) is 35.5 Å². The van der Waals surface area contributed by atoms with Crippen LogP contribution in [-0.2, 0) is 0 Å². The number of aliphatic hydroxyl groups is 1. The van der Waals surface area contributed by atoms with Crippen molar-refractivity contribution in [2.45, 2.75) is 18.6 Å². The average molecular weight is 217 g/mol. The summed E-state index contributed by atoms with van der Waals surface area (Å²) < 4.78 is 0. The number of likely N-dealkylation sites (N-methyl/N-ethyl adjacent to an activating group) is 1. The quantitative estimate of drug-likeness (QED) is 0.654. The molecule has 0 spiro atoms. The molecule has 76 valence electrons. The van der Waals surface area contributed by atoms with Crippen LogP contribution in [0, 0.1) is 0 Å². The molecule has 0 unspecified atom stereocenters. The van der Waals surface area contributed by atoms with Gasteiger partial charge in [-0.2, -0.15) is 0 Å². The average Bonchev–Trinajstić information content (AvgIpc) is 1.88. The van der Waals surface area contributed by atoms with E-state index in [0.29, 0.717) is 6.04 Å². The van der Waals surface area contributed by atoms with Crippen LogP contribution in [0.4, 0.5) is 0 Å². The Bertz CT molecular complexity index is 114. The predicted molar refractivity (Wildman–Crippen MR) is 55.5 cm³/mol. The van der Waals surface area contributed by atoms with E-state index in [1.165, 1.54) is 0 Å². The number of rotatable bonds is 1. The predicted octanol–water partition coefficient (Wildman–Crippen LogP) is 0.114. The molecular formula is C7H18Cl2N2O. The fourth-order valence-corrected chi connectivity index (χ4v) is 1.36. The van der Waals surface area contributed by atoms with Crippen molar-refractivity contribution in [3.05, 3.63) is 0 Å². The molecule has 1 heterocycles. The number of hydrogen-bond acceptors (Lipinski definition) is 3. The molecule has 0 aromatic rings. The van der Waals surface area contributed by atoms with Crippen molar-refractivity contribution in [2.75, 3.05) is 27.2 Å². The maximum atomic E-state index is 9.46. The Labute approximate surface area is 86.3 Å². The summed E-state index contributed by atoms with van der Waals surface area (Å²) in [7, 11) is 4.00. The molecule has 0 radical (unpaired) electrons. The van der Waals surface area contributed by atoms with E-state index in [0.717, 1.165) is 19.5 Å². The molecule has 1 aliphatic rings. The normalized spacial score (nSPS) is 29.0. The minimum atomic E-state index is -0.142. The second-order valence-corrected chi connectivity index (χ2v) is 3.09. The first kappa shape index (κ1) is 15.0. The first-order valence-corrected chi connectivity index (χ1v) is 3.77. The second-order valence-electron chi connectivity index (χ2n) is 3.09. The molecule has 2 atom stereocenters. The van der Waals surface area contributed by atoms with Crippen molar-refractivity contribution in [3.63, 3.8) is 0 Å². The summed E-state index contributed by atoms with van der Waals surface area (Å²) >= 11 is 0. The van der Waals surface area contributed by atoms with E-state index in [4.69, 9.17) is 0 Å². The van der Waals surface area contributed by atoms with Gasteiger partial charge in [-0.3, -0.25) is 0 Å². The van der Waals surface area contributed by atoms with Crippen molar-refractivity contribution in [1.29, 1.82) is 0 Å². The van der Waals surface area contributed by atoms with E-state index in [-0.39, 0.29) is 30.9 Å². The SMILES string of the molecule is CN(C)[C@H]1CNCC[C@H]1O.Cl.Cl. The van der Waals surface area contributed by atoms with Crippen LogP contribution in [-0.4, -0.2) is 49.3 Å². The Hall–Kier alpha value is 0.460. The van der Waals surface area contributed by atoms with Gasteiger partial charge in [0.2, 0.25) is 0 Å². The van der Waals surface area contributed by atoms with Crippen molar-refractivity contribution < 1.29 is 5.11 Å². The highest BCUT2D eigenvalue weighted by atomic mass is 35.5. The number of piperidine rings is 1. The lowest BCUT2D eigenvalue weighted by Crippen LogP contribution is -2.51. The van der Waals surface area contributed by atoms with Crippen LogP contribution in [0.25, 0.3) is 0 Å². The van der Waals surface area contributed by atoms with Gasteiger partial charge >= 0.3 is 0 Å². The lowest BCUT2D eigenvalue weighted by atomic mass is 10.0. The van der Waals surface area contributed by atoms with Crippen LogP contribution < -0.4 is 5.32 Å². The molecular weight excluding hydrogens is 199 g/mol. The molecule has 0 aromatic carbocycles. The van der Waals surface area contributed by atoms with E-state index in [1.54, 1.807) is 0 Å². The number of halogens is 2. The Morgan fingerprint density at radius 3 is 2.25 bits per heavy atom. The van der Waals surface area contributed by atoms with E-state index >= 15 is 0 Å². The summed E-state index contributed by atoms with van der Waals surface area (Å²) in [6.07, 6.45) is 0.735. The van der Waals surface area contributed by atoms with Crippen molar-refractivity contribution in [2.24, 2.45) is 0 Å². The maximum Gasteiger partial charge on any atom is 0.0719 e. The van der Waals surface area contributed by atoms with Gasteiger partial charge in [0.05, 0.1) is 6.10 Å². The summed E-state index contributed by atoms with van der Waals surface area (Å²) in [4.78, 5) is 2.07. The third-order valence-electron chi connectivity index (χ3n) is 2.08. The second kappa shape index (κ2) is 6.92. The van der Waals surface area contributed by atoms with Crippen LogP contribution in [0.1, 0.15) is 6.42 Å². The van der Waals surface area contributed by atoms with Crippen molar-refractivity contribution >= 4 is 24.8 Å². The Morgan fingerprint density at radius 2 is 1.92 bits per heavy atom. The van der Waals surface area contributed by atoms with Gasteiger partial charge in [0.25, 0.3) is 0 Å². The number of nitrogens with zero attached hydrogens (tertiary/aromatic N) is 1. The van der Waals surface area contributed by atoms with Gasteiger partial charge in [0.15, 0.2) is 0 Å². The zero-order chi connectivity index (χ0) is 7.56. The maximum absolute atomic E-state index is 9.46. The van der Waals surface area contributed by atoms with Crippen LogP contribution >= 0.6 is 24.8 Å². The largest absolute Gasteiger partial charge is 0.391 e. The summed E-state index contributed by atoms with van der Waals surface area (Å²) in [5.41, 5.74) is 0. The standard InChI is InChI=1S/C7H16N2O.2ClH/c1-9(2)6-5-8-4-3-7(6)10;;/h6-8,10H,3-5H2,1-2H3;2*1H/t6-,7+;;/m0../s1. The van der Waals surface area contributed by atoms with Gasteiger partial charge < -0.3 is 15.3 Å². The van der Waals surface area contributed by atoms with E-state index < -0.39 is 0 Å². The molecule has 1 rings (SSSR count). The minimum Gasteiger partial charge on any atom is -0.391 e. The fraction of sp³-hybridized carbons (Fsp3) is 1.00. The summed E-state index contributed by atoms with van der Waals surface area (Å²) in [6, 6.07) is 0.300.